The molecule has 4 heterocycles. The first kappa shape index (κ1) is 19.5. The van der Waals surface area contributed by atoms with Crippen molar-refractivity contribution in [3.8, 4) is 11.5 Å². The third-order valence-corrected chi connectivity index (χ3v) is 6.49. The van der Waals surface area contributed by atoms with E-state index in [1.54, 1.807) is 23.1 Å². The molecule has 1 aliphatic rings. The van der Waals surface area contributed by atoms with E-state index in [1.165, 1.54) is 12.3 Å². The second-order valence-electron chi connectivity index (χ2n) is 7.13. The van der Waals surface area contributed by atoms with Crippen LogP contribution in [0.15, 0.2) is 44.5 Å². The number of aromatic amines is 1. The third kappa shape index (κ3) is 3.85. The van der Waals surface area contributed by atoms with Crippen LogP contribution in [0.3, 0.4) is 0 Å². The molecule has 154 valence electrons. The summed E-state index contributed by atoms with van der Waals surface area (Å²) in [7, 11) is -3.87. The maximum absolute atomic E-state index is 12.8. The summed E-state index contributed by atoms with van der Waals surface area (Å²) < 4.78 is 39.0. The highest BCUT2D eigenvalue weighted by atomic mass is 32.2. The molecule has 10 heteroatoms. The molecule has 1 fully saturated rings. The van der Waals surface area contributed by atoms with E-state index in [9.17, 15) is 13.2 Å². The van der Waals surface area contributed by atoms with E-state index in [2.05, 4.69) is 14.9 Å². The van der Waals surface area contributed by atoms with Crippen molar-refractivity contribution in [1.29, 1.82) is 0 Å². The zero-order chi connectivity index (χ0) is 20.6. The molecule has 0 aromatic carbocycles. The van der Waals surface area contributed by atoms with Gasteiger partial charge in [0.05, 0.1) is 6.26 Å². The molecule has 3 aromatic heterocycles. The molecule has 1 aliphatic heterocycles. The summed E-state index contributed by atoms with van der Waals surface area (Å²) in [5.41, 5.74) is 2.37. The van der Waals surface area contributed by atoms with Gasteiger partial charge in [-0.3, -0.25) is 9.89 Å². The van der Waals surface area contributed by atoms with Gasteiger partial charge in [-0.1, -0.05) is 0 Å². The number of sulfonamides is 1. The van der Waals surface area contributed by atoms with E-state index in [1.807, 2.05) is 13.8 Å². The van der Waals surface area contributed by atoms with Crippen molar-refractivity contribution in [1.82, 2.24) is 19.8 Å². The molecule has 4 rings (SSSR count). The Bertz CT molecular complexity index is 1110. The van der Waals surface area contributed by atoms with Crippen LogP contribution in [-0.4, -0.2) is 48.6 Å². The zero-order valence-electron chi connectivity index (χ0n) is 16.1. The number of nitrogens with zero attached hydrogens (tertiary/aromatic N) is 2. The molecule has 0 spiro atoms. The molecule has 0 bridgehead atoms. The van der Waals surface area contributed by atoms with Crippen molar-refractivity contribution in [3.63, 3.8) is 0 Å². The molecule has 0 radical (unpaired) electrons. The first-order chi connectivity index (χ1) is 13.8. The standard InChI is InChI=1S/C19H22N4O5S/c1-12-13(2)20-21-18(12)15-7-8-17(28-15)29(25,26)22-14-5-3-9-23(11-14)19(24)16-6-4-10-27-16/h4,6-8,10,14,22H,3,5,9,11H2,1-2H3,(H,20,21). The molecule has 29 heavy (non-hydrogen) atoms. The number of aryl methyl sites for hydroxylation is 1. The minimum atomic E-state index is -3.87. The van der Waals surface area contributed by atoms with Crippen molar-refractivity contribution < 1.29 is 22.0 Å². The maximum atomic E-state index is 12.8. The molecular formula is C19H22N4O5S. The summed E-state index contributed by atoms with van der Waals surface area (Å²) in [6.07, 6.45) is 2.76. The Kier molecular flexibility index (Phi) is 5.05. The van der Waals surface area contributed by atoms with Crippen molar-refractivity contribution in [2.24, 2.45) is 0 Å². The first-order valence-electron chi connectivity index (χ1n) is 9.32. The predicted molar refractivity (Wildman–Crippen MR) is 104 cm³/mol. The van der Waals surface area contributed by atoms with Gasteiger partial charge in [0.2, 0.25) is 5.09 Å². The molecule has 9 nitrogen and oxygen atoms in total. The summed E-state index contributed by atoms with van der Waals surface area (Å²) in [5.74, 6) is 0.378. The summed E-state index contributed by atoms with van der Waals surface area (Å²) in [4.78, 5) is 14.1. The maximum Gasteiger partial charge on any atom is 0.289 e. The fourth-order valence-electron chi connectivity index (χ4n) is 3.41. The van der Waals surface area contributed by atoms with Crippen LogP contribution in [0.25, 0.3) is 11.5 Å². The van der Waals surface area contributed by atoms with Crippen LogP contribution in [0.5, 0.6) is 0 Å². The number of hydrogen-bond acceptors (Lipinski definition) is 6. The number of piperidine rings is 1. The van der Waals surface area contributed by atoms with Gasteiger partial charge in [0.15, 0.2) is 11.5 Å². The summed E-state index contributed by atoms with van der Waals surface area (Å²) in [6.45, 7) is 4.59. The van der Waals surface area contributed by atoms with E-state index in [4.69, 9.17) is 8.83 Å². The van der Waals surface area contributed by atoms with Crippen molar-refractivity contribution in [2.45, 2.75) is 37.8 Å². The highest BCUT2D eigenvalue weighted by molar-refractivity contribution is 7.89. The number of carbonyl (C=O) groups excluding carboxylic acids is 1. The average Bonchev–Trinajstić information content (AvgIpc) is 3.44. The number of rotatable bonds is 5. The lowest BCUT2D eigenvalue weighted by Gasteiger charge is -2.32. The Labute approximate surface area is 168 Å². The Morgan fingerprint density at radius 2 is 2.14 bits per heavy atom. The quantitative estimate of drug-likeness (QED) is 0.656. The fraction of sp³-hybridized carbons (Fsp3) is 0.368. The minimum absolute atomic E-state index is 0.179. The summed E-state index contributed by atoms with van der Waals surface area (Å²) in [6, 6.07) is 5.84. The monoisotopic (exact) mass is 418 g/mol. The molecule has 1 amide bonds. The molecule has 1 unspecified atom stereocenters. The van der Waals surface area contributed by atoms with Crippen LogP contribution in [-0.2, 0) is 10.0 Å². The number of carbonyl (C=O) groups is 1. The van der Waals surface area contributed by atoms with E-state index in [0.29, 0.717) is 30.8 Å². The minimum Gasteiger partial charge on any atom is -0.459 e. The van der Waals surface area contributed by atoms with Crippen LogP contribution in [0.2, 0.25) is 0 Å². The molecule has 3 aromatic rings. The van der Waals surface area contributed by atoms with E-state index in [0.717, 1.165) is 11.3 Å². The lowest BCUT2D eigenvalue weighted by Crippen LogP contribution is -2.49. The first-order valence-corrected chi connectivity index (χ1v) is 10.8. The van der Waals surface area contributed by atoms with Gasteiger partial charge in [-0.05, 0) is 51.0 Å². The Morgan fingerprint density at radius 3 is 2.83 bits per heavy atom. The predicted octanol–water partition coefficient (Wildman–Crippen LogP) is 2.46. The molecule has 2 N–H and O–H groups in total. The molecular weight excluding hydrogens is 396 g/mol. The van der Waals surface area contributed by atoms with Crippen LogP contribution in [0, 0.1) is 13.8 Å². The molecule has 0 saturated carbocycles. The molecule has 1 atom stereocenters. The summed E-state index contributed by atoms with van der Waals surface area (Å²) in [5, 5.41) is 6.84. The highest BCUT2D eigenvalue weighted by Crippen LogP contribution is 2.27. The third-order valence-electron chi connectivity index (χ3n) is 5.10. The lowest BCUT2D eigenvalue weighted by atomic mass is 10.1. The van der Waals surface area contributed by atoms with Crippen molar-refractivity contribution in [2.75, 3.05) is 13.1 Å². The van der Waals surface area contributed by atoms with Crippen molar-refractivity contribution in [3.05, 3.63) is 47.5 Å². The number of likely N-dealkylation sites (tertiary alicyclic amines) is 1. The van der Waals surface area contributed by atoms with Gasteiger partial charge in [-0.15, -0.1) is 0 Å². The van der Waals surface area contributed by atoms with Crippen LogP contribution >= 0.6 is 0 Å². The van der Waals surface area contributed by atoms with Crippen LogP contribution < -0.4 is 4.72 Å². The number of furan rings is 2. The Morgan fingerprint density at radius 1 is 1.31 bits per heavy atom. The van der Waals surface area contributed by atoms with Crippen LogP contribution in [0.4, 0.5) is 0 Å². The number of H-pyrrole nitrogens is 1. The second kappa shape index (κ2) is 7.53. The number of amides is 1. The smallest absolute Gasteiger partial charge is 0.289 e. The SMILES string of the molecule is Cc1[nH]nc(-c2ccc(S(=O)(=O)NC3CCCN(C(=O)c4ccco4)C3)o2)c1C. The van der Waals surface area contributed by atoms with E-state index < -0.39 is 16.1 Å². The van der Waals surface area contributed by atoms with Gasteiger partial charge in [-0.25, -0.2) is 13.1 Å². The van der Waals surface area contributed by atoms with E-state index in [-0.39, 0.29) is 23.3 Å². The van der Waals surface area contributed by atoms with Gasteiger partial charge in [-0.2, -0.15) is 5.10 Å². The number of aromatic nitrogens is 2. The van der Waals surface area contributed by atoms with E-state index >= 15 is 0 Å². The molecule has 0 aliphatic carbocycles. The normalized spacial score (nSPS) is 17.6. The average molecular weight is 418 g/mol. The van der Waals surface area contributed by atoms with Gasteiger partial charge in [0.25, 0.3) is 15.9 Å². The second-order valence-corrected chi connectivity index (χ2v) is 8.77. The summed E-state index contributed by atoms with van der Waals surface area (Å²) >= 11 is 0. The zero-order valence-corrected chi connectivity index (χ0v) is 17.0. The number of nitrogens with one attached hydrogen (secondary N) is 2. The van der Waals surface area contributed by atoms with Gasteiger partial charge in [0, 0.05) is 30.4 Å². The van der Waals surface area contributed by atoms with Gasteiger partial charge >= 0.3 is 0 Å². The fourth-order valence-corrected chi connectivity index (χ4v) is 4.60. The van der Waals surface area contributed by atoms with Gasteiger partial charge < -0.3 is 13.7 Å². The van der Waals surface area contributed by atoms with Crippen LogP contribution in [0.1, 0.15) is 34.7 Å². The van der Waals surface area contributed by atoms with Crippen molar-refractivity contribution >= 4 is 15.9 Å². The largest absolute Gasteiger partial charge is 0.459 e. The molecule has 1 saturated heterocycles. The lowest BCUT2D eigenvalue weighted by molar-refractivity contribution is 0.0671. The number of hydrogen-bond donors (Lipinski definition) is 2. The topological polar surface area (TPSA) is 121 Å². The highest BCUT2D eigenvalue weighted by Gasteiger charge is 2.30. The Balaban J connectivity index is 1.47. The van der Waals surface area contributed by atoms with Gasteiger partial charge in [0.1, 0.15) is 5.69 Å². The Hall–Kier alpha value is -2.85.